The second-order valence-electron chi connectivity index (χ2n) is 11.3. The standard InChI is InChI=1S/C29H28FN3O6/c1-3-29(38)18-8-21-24-16(11-33(21)25(34)17(18)12-39-27(29)36)22-14(10-31-26(35)28(37)6-7-28)4-5-15-13(2)19(30)9-20(32-24)23(15)22/h8-9,14,37-38H,3-7,10-12H2,1-2H3,(H,31,35)/t14-,29+/m1/s1. The zero-order valence-corrected chi connectivity index (χ0v) is 21.7. The van der Waals surface area contributed by atoms with Gasteiger partial charge in [-0.05, 0) is 61.8 Å². The molecule has 9 nitrogen and oxygen atoms in total. The topological polar surface area (TPSA) is 131 Å². The van der Waals surface area contributed by atoms with E-state index in [0.29, 0.717) is 54.7 Å². The zero-order chi connectivity index (χ0) is 27.4. The average molecular weight is 534 g/mol. The van der Waals surface area contributed by atoms with Crippen molar-refractivity contribution in [3.8, 4) is 11.4 Å². The number of rotatable bonds is 4. The molecule has 202 valence electrons. The van der Waals surface area contributed by atoms with Crippen molar-refractivity contribution in [2.75, 3.05) is 6.54 Å². The predicted molar refractivity (Wildman–Crippen MR) is 137 cm³/mol. The number of aryl methyl sites for hydroxylation is 1. The first-order valence-electron chi connectivity index (χ1n) is 13.4. The van der Waals surface area contributed by atoms with E-state index < -0.39 is 17.2 Å². The zero-order valence-electron chi connectivity index (χ0n) is 21.7. The van der Waals surface area contributed by atoms with Crippen molar-refractivity contribution >= 4 is 22.8 Å². The van der Waals surface area contributed by atoms with Crippen LogP contribution in [0.3, 0.4) is 0 Å². The molecule has 2 aliphatic carbocycles. The van der Waals surface area contributed by atoms with Crippen LogP contribution >= 0.6 is 0 Å². The van der Waals surface area contributed by atoms with Crippen LogP contribution in [0.5, 0.6) is 0 Å². The van der Waals surface area contributed by atoms with Crippen LogP contribution in [-0.2, 0) is 39.5 Å². The highest BCUT2D eigenvalue weighted by Crippen LogP contribution is 2.46. The average Bonchev–Trinajstić information content (AvgIpc) is 3.58. The number of esters is 1. The number of amides is 1. The summed E-state index contributed by atoms with van der Waals surface area (Å²) < 4.78 is 21.7. The maximum absolute atomic E-state index is 15.0. The number of cyclic esters (lactones) is 1. The van der Waals surface area contributed by atoms with Crippen LogP contribution in [0.2, 0.25) is 0 Å². The Morgan fingerprint density at radius 3 is 2.72 bits per heavy atom. The molecule has 3 aromatic rings. The number of pyridine rings is 2. The molecule has 2 atom stereocenters. The molecule has 1 amide bonds. The Hall–Kier alpha value is -3.63. The first-order chi connectivity index (χ1) is 18.6. The fourth-order valence-corrected chi connectivity index (χ4v) is 6.58. The minimum absolute atomic E-state index is 0.0347. The Morgan fingerprint density at radius 2 is 2.00 bits per heavy atom. The first-order valence-corrected chi connectivity index (χ1v) is 13.4. The van der Waals surface area contributed by atoms with Crippen LogP contribution in [-0.4, -0.2) is 43.8 Å². The van der Waals surface area contributed by atoms with Crippen molar-refractivity contribution in [3.63, 3.8) is 0 Å². The van der Waals surface area contributed by atoms with Crippen molar-refractivity contribution in [2.24, 2.45) is 0 Å². The number of benzene rings is 1. The van der Waals surface area contributed by atoms with E-state index in [4.69, 9.17) is 9.72 Å². The highest BCUT2D eigenvalue weighted by Gasteiger charge is 2.48. The van der Waals surface area contributed by atoms with E-state index in [1.807, 2.05) is 0 Å². The molecule has 0 saturated heterocycles. The summed E-state index contributed by atoms with van der Waals surface area (Å²) >= 11 is 0. The molecular formula is C29H28FN3O6. The van der Waals surface area contributed by atoms with E-state index in [0.717, 1.165) is 22.1 Å². The lowest BCUT2D eigenvalue weighted by atomic mass is 9.78. The third kappa shape index (κ3) is 3.24. The van der Waals surface area contributed by atoms with E-state index in [1.54, 1.807) is 24.5 Å². The summed E-state index contributed by atoms with van der Waals surface area (Å²) in [6, 6.07) is 3.05. The van der Waals surface area contributed by atoms with Gasteiger partial charge in [0.15, 0.2) is 5.60 Å². The molecule has 1 aromatic carbocycles. The van der Waals surface area contributed by atoms with Crippen molar-refractivity contribution in [3.05, 3.63) is 61.7 Å². The smallest absolute Gasteiger partial charge is 0.343 e. The van der Waals surface area contributed by atoms with Crippen molar-refractivity contribution in [2.45, 2.75) is 76.2 Å². The Bertz CT molecular complexity index is 1710. The highest BCUT2D eigenvalue weighted by molar-refractivity contribution is 5.93. The van der Waals surface area contributed by atoms with Gasteiger partial charge in [-0.1, -0.05) is 6.92 Å². The molecule has 39 heavy (non-hydrogen) atoms. The predicted octanol–water partition coefficient (Wildman–Crippen LogP) is 2.20. The minimum atomic E-state index is -1.94. The summed E-state index contributed by atoms with van der Waals surface area (Å²) in [6.45, 7) is 3.69. The molecular weight excluding hydrogens is 505 g/mol. The van der Waals surface area contributed by atoms with Gasteiger partial charge < -0.3 is 24.8 Å². The maximum atomic E-state index is 15.0. The molecule has 0 bridgehead atoms. The van der Waals surface area contributed by atoms with Crippen molar-refractivity contribution in [1.29, 1.82) is 0 Å². The number of carbonyl (C=O) groups excluding carboxylic acids is 2. The molecule has 0 radical (unpaired) electrons. The summed E-state index contributed by atoms with van der Waals surface area (Å²) in [6.07, 6.45) is 2.19. The van der Waals surface area contributed by atoms with Gasteiger partial charge in [-0.3, -0.25) is 9.59 Å². The van der Waals surface area contributed by atoms with Crippen LogP contribution in [0.4, 0.5) is 4.39 Å². The van der Waals surface area contributed by atoms with E-state index in [-0.39, 0.29) is 53.9 Å². The fourth-order valence-electron chi connectivity index (χ4n) is 6.58. The van der Waals surface area contributed by atoms with Gasteiger partial charge in [0, 0.05) is 35.0 Å². The van der Waals surface area contributed by atoms with Crippen LogP contribution in [0.25, 0.3) is 22.3 Å². The molecule has 1 fully saturated rings. The van der Waals surface area contributed by atoms with Crippen LogP contribution < -0.4 is 10.9 Å². The summed E-state index contributed by atoms with van der Waals surface area (Å²) in [5.74, 6) is -1.68. The second kappa shape index (κ2) is 7.95. The number of aromatic nitrogens is 2. The lowest BCUT2D eigenvalue weighted by Crippen LogP contribution is -2.44. The molecule has 4 aliphatic rings. The molecule has 1 saturated carbocycles. The Kier molecular flexibility index (Phi) is 4.98. The molecule has 10 heteroatoms. The molecule has 3 N–H and O–H groups in total. The molecule has 7 rings (SSSR count). The Labute approximate surface area is 222 Å². The molecule has 4 heterocycles. The van der Waals surface area contributed by atoms with Gasteiger partial charge in [0.25, 0.3) is 11.5 Å². The van der Waals surface area contributed by atoms with Gasteiger partial charge >= 0.3 is 5.97 Å². The largest absolute Gasteiger partial charge is 0.458 e. The van der Waals surface area contributed by atoms with Gasteiger partial charge in [0.05, 0.1) is 29.0 Å². The van der Waals surface area contributed by atoms with E-state index in [9.17, 15) is 24.6 Å². The van der Waals surface area contributed by atoms with Crippen molar-refractivity contribution < 1.29 is 28.9 Å². The quantitative estimate of drug-likeness (QED) is 0.343. The fraction of sp³-hybridized carbons (Fsp3) is 0.448. The number of nitrogens with one attached hydrogen (secondary N) is 1. The second-order valence-corrected chi connectivity index (χ2v) is 11.3. The number of fused-ring (bicyclic) bond motifs is 5. The summed E-state index contributed by atoms with van der Waals surface area (Å²) in [7, 11) is 0. The number of hydrogen-bond acceptors (Lipinski definition) is 7. The maximum Gasteiger partial charge on any atom is 0.343 e. The number of halogens is 1. The molecule has 0 spiro atoms. The molecule has 0 unspecified atom stereocenters. The lowest BCUT2D eigenvalue weighted by Gasteiger charge is -2.31. The van der Waals surface area contributed by atoms with E-state index in [1.165, 1.54) is 6.07 Å². The molecule has 2 aliphatic heterocycles. The molecule has 2 aromatic heterocycles. The van der Waals surface area contributed by atoms with E-state index >= 15 is 4.39 Å². The number of carbonyl (C=O) groups is 2. The van der Waals surface area contributed by atoms with Crippen LogP contribution in [0.15, 0.2) is 16.9 Å². The van der Waals surface area contributed by atoms with Gasteiger partial charge in [-0.15, -0.1) is 0 Å². The first kappa shape index (κ1) is 24.4. The lowest BCUT2D eigenvalue weighted by molar-refractivity contribution is -0.172. The summed E-state index contributed by atoms with van der Waals surface area (Å²) in [4.78, 5) is 43.6. The van der Waals surface area contributed by atoms with Gasteiger partial charge in [-0.2, -0.15) is 0 Å². The Morgan fingerprint density at radius 1 is 1.23 bits per heavy atom. The third-order valence-electron chi connectivity index (χ3n) is 9.15. The highest BCUT2D eigenvalue weighted by atomic mass is 19.1. The van der Waals surface area contributed by atoms with E-state index in [2.05, 4.69) is 5.32 Å². The Balaban J connectivity index is 1.44. The van der Waals surface area contributed by atoms with Gasteiger partial charge in [0.2, 0.25) is 0 Å². The number of nitrogens with zero attached hydrogens (tertiary/aromatic N) is 2. The summed E-state index contributed by atoms with van der Waals surface area (Å²) in [5.41, 5.74) is 1.44. The monoisotopic (exact) mass is 533 g/mol. The number of aliphatic hydroxyl groups is 2. The number of ether oxygens (including phenoxy) is 1. The third-order valence-corrected chi connectivity index (χ3v) is 9.15. The summed E-state index contributed by atoms with van der Waals surface area (Å²) in [5, 5.41) is 25.2. The number of hydrogen-bond donors (Lipinski definition) is 3. The van der Waals surface area contributed by atoms with Crippen LogP contribution in [0, 0.1) is 12.7 Å². The van der Waals surface area contributed by atoms with Gasteiger partial charge in [0.1, 0.15) is 18.0 Å². The van der Waals surface area contributed by atoms with Gasteiger partial charge in [-0.25, -0.2) is 14.2 Å². The van der Waals surface area contributed by atoms with Crippen LogP contribution in [0.1, 0.15) is 71.9 Å². The van der Waals surface area contributed by atoms with Crippen molar-refractivity contribution in [1.82, 2.24) is 14.9 Å². The minimum Gasteiger partial charge on any atom is -0.458 e. The SMILES string of the molecule is CC[C@@]1(O)C(=O)OCc2c1cc1n(c2=O)Cc2c-1nc1cc(F)c(C)c3c1c2[C@@H](CNC(=O)C1(O)CC1)CC3. The normalized spacial score (nSPS) is 23.6.